The Balaban J connectivity index is 1.85. The summed E-state index contributed by atoms with van der Waals surface area (Å²) in [6, 6.07) is 7.34. The fourth-order valence-corrected chi connectivity index (χ4v) is 1.61. The van der Waals surface area contributed by atoms with Gasteiger partial charge in [-0.2, -0.15) is 0 Å². The van der Waals surface area contributed by atoms with E-state index in [9.17, 15) is 4.79 Å². The van der Waals surface area contributed by atoms with E-state index in [1.54, 1.807) is 13.3 Å². The van der Waals surface area contributed by atoms with Gasteiger partial charge in [0.2, 0.25) is 0 Å². The summed E-state index contributed by atoms with van der Waals surface area (Å²) < 4.78 is 11.7. The highest BCUT2D eigenvalue weighted by Crippen LogP contribution is 2.13. The van der Waals surface area contributed by atoms with Gasteiger partial charge in [0, 0.05) is 6.54 Å². The van der Waals surface area contributed by atoms with Crippen molar-refractivity contribution in [2.24, 2.45) is 5.73 Å². The summed E-state index contributed by atoms with van der Waals surface area (Å²) in [7, 11) is 1.59. The Morgan fingerprint density at radius 3 is 3.00 bits per heavy atom. The molecular formula is C13H16N4O3. The van der Waals surface area contributed by atoms with Gasteiger partial charge in [-0.05, 0) is 17.7 Å². The first-order valence-corrected chi connectivity index (χ1v) is 6.09. The van der Waals surface area contributed by atoms with Crippen molar-refractivity contribution in [3.05, 3.63) is 41.7 Å². The number of nitrogens with two attached hydrogens (primary N) is 1. The second-order valence-corrected chi connectivity index (χ2v) is 4.12. The lowest BCUT2D eigenvalue weighted by atomic mass is 10.2. The van der Waals surface area contributed by atoms with Crippen LogP contribution < -0.4 is 10.5 Å². The molecule has 0 spiro atoms. The number of carbonyl (C=O) groups is 1. The van der Waals surface area contributed by atoms with E-state index < -0.39 is 0 Å². The smallest absolute Gasteiger partial charge is 0.328 e. The Kier molecular flexibility index (Phi) is 4.67. The SMILES string of the molecule is COc1cccc(COC(=O)Cn2cc(CN)nn2)c1. The maximum atomic E-state index is 11.7. The third-order valence-corrected chi connectivity index (χ3v) is 2.62. The molecule has 1 heterocycles. The Hall–Kier alpha value is -2.41. The van der Waals surface area contributed by atoms with Crippen LogP contribution in [0.5, 0.6) is 5.75 Å². The van der Waals surface area contributed by atoms with Gasteiger partial charge in [-0.3, -0.25) is 4.79 Å². The maximum absolute atomic E-state index is 11.7. The van der Waals surface area contributed by atoms with Gasteiger partial charge in [-0.15, -0.1) is 5.10 Å². The van der Waals surface area contributed by atoms with Crippen LogP contribution >= 0.6 is 0 Å². The number of nitrogens with zero attached hydrogens (tertiary/aromatic N) is 3. The molecule has 106 valence electrons. The van der Waals surface area contributed by atoms with Gasteiger partial charge in [0.1, 0.15) is 18.9 Å². The third kappa shape index (κ3) is 3.79. The summed E-state index contributed by atoms with van der Waals surface area (Å²) in [5.41, 5.74) is 6.90. The molecule has 0 saturated carbocycles. The quantitative estimate of drug-likeness (QED) is 0.772. The molecule has 20 heavy (non-hydrogen) atoms. The Bertz CT molecular complexity index is 583. The van der Waals surface area contributed by atoms with E-state index in [-0.39, 0.29) is 19.1 Å². The molecule has 0 amide bonds. The zero-order valence-corrected chi connectivity index (χ0v) is 11.2. The van der Waals surface area contributed by atoms with E-state index in [1.807, 2.05) is 24.3 Å². The van der Waals surface area contributed by atoms with Crippen molar-refractivity contribution in [1.29, 1.82) is 0 Å². The van der Waals surface area contributed by atoms with Crippen molar-refractivity contribution in [2.75, 3.05) is 7.11 Å². The van der Waals surface area contributed by atoms with Crippen LogP contribution in [0.1, 0.15) is 11.3 Å². The molecule has 7 heteroatoms. The normalized spacial score (nSPS) is 10.3. The molecular weight excluding hydrogens is 260 g/mol. The van der Waals surface area contributed by atoms with Crippen molar-refractivity contribution in [2.45, 2.75) is 19.7 Å². The number of carbonyl (C=O) groups excluding carboxylic acids is 1. The molecule has 0 radical (unpaired) electrons. The van der Waals surface area contributed by atoms with Crippen LogP contribution in [0, 0.1) is 0 Å². The van der Waals surface area contributed by atoms with Gasteiger partial charge in [0.25, 0.3) is 0 Å². The van der Waals surface area contributed by atoms with Gasteiger partial charge < -0.3 is 15.2 Å². The van der Waals surface area contributed by atoms with Crippen LogP contribution in [-0.2, 0) is 29.2 Å². The molecule has 1 aromatic heterocycles. The lowest BCUT2D eigenvalue weighted by molar-refractivity contribution is -0.145. The summed E-state index contributed by atoms with van der Waals surface area (Å²) in [4.78, 5) is 11.7. The molecule has 7 nitrogen and oxygen atoms in total. The second-order valence-electron chi connectivity index (χ2n) is 4.12. The number of methoxy groups -OCH3 is 1. The molecule has 2 N–H and O–H groups in total. The van der Waals surface area contributed by atoms with Gasteiger partial charge in [0.05, 0.1) is 19.0 Å². The van der Waals surface area contributed by atoms with Crippen molar-refractivity contribution in [3.63, 3.8) is 0 Å². The topological polar surface area (TPSA) is 92.3 Å². The highest BCUT2D eigenvalue weighted by molar-refractivity contribution is 5.69. The van der Waals surface area contributed by atoms with Crippen LogP contribution in [0.15, 0.2) is 30.5 Å². The summed E-state index contributed by atoms with van der Waals surface area (Å²) in [6.07, 6.45) is 1.62. The zero-order chi connectivity index (χ0) is 14.4. The van der Waals surface area contributed by atoms with E-state index >= 15 is 0 Å². The maximum Gasteiger partial charge on any atom is 0.328 e. The molecule has 0 fully saturated rings. The predicted octanol–water partition coefficient (Wildman–Crippen LogP) is 0.489. The molecule has 0 aliphatic rings. The van der Waals surface area contributed by atoms with Crippen molar-refractivity contribution in [3.8, 4) is 5.75 Å². The van der Waals surface area contributed by atoms with Gasteiger partial charge in [-0.1, -0.05) is 17.3 Å². The Morgan fingerprint density at radius 2 is 2.30 bits per heavy atom. The molecule has 0 aliphatic carbocycles. The summed E-state index contributed by atoms with van der Waals surface area (Å²) in [6.45, 7) is 0.490. The predicted molar refractivity (Wildman–Crippen MR) is 70.7 cm³/mol. The lowest BCUT2D eigenvalue weighted by Gasteiger charge is -2.06. The fourth-order valence-electron chi connectivity index (χ4n) is 1.61. The van der Waals surface area contributed by atoms with Crippen molar-refractivity contribution < 1.29 is 14.3 Å². The first-order chi connectivity index (χ1) is 9.71. The number of hydrogen-bond donors (Lipinski definition) is 1. The minimum atomic E-state index is -0.388. The van der Waals surface area contributed by atoms with Crippen molar-refractivity contribution in [1.82, 2.24) is 15.0 Å². The average molecular weight is 276 g/mol. The van der Waals surface area contributed by atoms with E-state index in [2.05, 4.69) is 10.3 Å². The van der Waals surface area contributed by atoms with Gasteiger partial charge in [0.15, 0.2) is 0 Å². The van der Waals surface area contributed by atoms with Crippen LogP contribution in [0.3, 0.4) is 0 Å². The molecule has 1 aromatic carbocycles. The van der Waals surface area contributed by atoms with Crippen LogP contribution in [0.4, 0.5) is 0 Å². The molecule has 2 aromatic rings. The first-order valence-electron chi connectivity index (χ1n) is 6.09. The largest absolute Gasteiger partial charge is 0.497 e. The number of hydrogen-bond acceptors (Lipinski definition) is 6. The number of esters is 1. The van der Waals surface area contributed by atoms with Gasteiger partial charge in [-0.25, -0.2) is 4.68 Å². The summed E-state index contributed by atoms with van der Waals surface area (Å²) >= 11 is 0. The van der Waals surface area contributed by atoms with Crippen LogP contribution in [0.25, 0.3) is 0 Å². The third-order valence-electron chi connectivity index (χ3n) is 2.62. The molecule has 2 rings (SSSR count). The number of aromatic nitrogens is 3. The summed E-state index contributed by atoms with van der Waals surface area (Å²) in [5.74, 6) is 0.337. The van der Waals surface area contributed by atoms with E-state index in [0.29, 0.717) is 12.2 Å². The molecule has 0 atom stereocenters. The van der Waals surface area contributed by atoms with Gasteiger partial charge >= 0.3 is 5.97 Å². The monoisotopic (exact) mass is 276 g/mol. The molecule has 0 bridgehead atoms. The van der Waals surface area contributed by atoms with E-state index in [0.717, 1.165) is 11.3 Å². The highest BCUT2D eigenvalue weighted by Gasteiger charge is 2.07. The fraction of sp³-hybridized carbons (Fsp3) is 0.308. The minimum absolute atomic E-state index is 0.0109. The first kappa shape index (κ1) is 14.0. The summed E-state index contributed by atoms with van der Waals surface area (Å²) in [5, 5.41) is 7.57. The van der Waals surface area contributed by atoms with E-state index in [4.69, 9.17) is 15.2 Å². The number of benzene rings is 1. The average Bonchev–Trinajstić information content (AvgIpc) is 2.93. The molecule has 0 saturated heterocycles. The Morgan fingerprint density at radius 1 is 1.45 bits per heavy atom. The number of ether oxygens (including phenoxy) is 2. The number of rotatable bonds is 6. The lowest BCUT2D eigenvalue weighted by Crippen LogP contribution is -2.14. The minimum Gasteiger partial charge on any atom is -0.497 e. The van der Waals surface area contributed by atoms with Crippen molar-refractivity contribution >= 4 is 5.97 Å². The second kappa shape index (κ2) is 6.67. The van der Waals surface area contributed by atoms with Crippen LogP contribution in [0.2, 0.25) is 0 Å². The highest BCUT2D eigenvalue weighted by atomic mass is 16.5. The standard InChI is InChI=1S/C13H16N4O3/c1-19-12-4-2-3-10(5-12)9-20-13(18)8-17-7-11(6-14)15-16-17/h2-5,7H,6,8-9,14H2,1H3. The molecule has 0 unspecified atom stereocenters. The zero-order valence-electron chi connectivity index (χ0n) is 11.2. The van der Waals surface area contributed by atoms with Crippen LogP contribution in [-0.4, -0.2) is 28.1 Å². The molecule has 0 aliphatic heterocycles. The Labute approximate surface area is 116 Å². The van der Waals surface area contributed by atoms with E-state index in [1.165, 1.54) is 4.68 Å².